The van der Waals surface area contributed by atoms with E-state index in [9.17, 15) is 13.6 Å². The largest absolute Gasteiger partial charge is 0.440 e. The van der Waals surface area contributed by atoms with Crippen molar-refractivity contribution >= 4 is 17.5 Å². The number of hydrogen-bond donors (Lipinski definition) is 0. The topological polar surface area (TPSA) is 43.1 Å². The van der Waals surface area contributed by atoms with Gasteiger partial charge in [-0.15, -0.1) is 0 Å². The first-order valence-corrected chi connectivity index (χ1v) is 6.08. The van der Waals surface area contributed by atoms with Crippen LogP contribution in [0.25, 0.3) is 0 Å². The molecule has 0 aliphatic heterocycles. The first kappa shape index (κ1) is 12.8. The van der Waals surface area contributed by atoms with E-state index in [4.69, 9.17) is 4.42 Å². The van der Waals surface area contributed by atoms with Crippen molar-refractivity contribution in [3.8, 4) is 0 Å². The second-order valence-corrected chi connectivity index (χ2v) is 4.49. The Kier molecular flexibility index (Phi) is 3.76. The summed E-state index contributed by atoms with van der Waals surface area (Å²) in [4.78, 5) is 15.7. The van der Waals surface area contributed by atoms with Gasteiger partial charge in [0.2, 0.25) is 0 Å². The fraction of sp³-hybridized carbons (Fsp3) is 0.167. The minimum absolute atomic E-state index is 0.127. The van der Waals surface area contributed by atoms with Crippen LogP contribution in [0.3, 0.4) is 0 Å². The molecule has 2 aromatic rings. The molecule has 1 heterocycles. The number of hydrogen-bond acceptors (Lipinski definition) is 4. The van der Waals surface area contributed by atoms with Gasteiger partial charge in [-0.25, -0.2) is 13.8 Å². The van der Waals surface area contributed by atoms with Gasteiger partial charge in [-0.3, -0.25) is 4.79 Å². The van der Waals surface area contributed by atoms with Crippen molar-refractivity contribution in [1.82, 2.24) is 4.98 Å². The molecule has 3 nitrogen and oxygen atoms in total. The van der Waals surface area contributed by atoms with Gasteiger partial charge < -0.3 is 4.42 Å². The van der Waals surface area contributed by atoms with Crippen LogP contribution in [0.2, 0.25) is 0 Å². The summed E-state index contributed by atoms with van der Waals surface area (Å²) in [6, 6.07) is 3.32. The summed E-state index contributed by atoms with van der Waals surface area (Å²) in [5.74, 6) is -2.47. The maximum atomic E-state index is 13.3. The number of oxazole rings is 1. The number of carbonyl (C=O) groups is 1. The van der Waals surface area contributed by atoms with Crippen molar-refractivity contribution < 1.29 is 18.0 Å². The Morgan fingerprint density at radius 2 is 2.06 bits per heavy atom. The molecule has 0 radical (unpaired) electrons. The first-order valence-electron chi connectivity index (χ1n) is 5.10. The Hall–Kier alpha value is -1.69. The molecule has 0 saturated heterocycles. The van der Waals surface area contributed by atoms with Crippen molar-refractivity contribution in [2.24, 2.45) is 0 Å². The molecular formula is C12H9F2NO2S. The van der Waals surface area contributed by atoms with Crippen molar-refractivity contribution in [3.05, 3.63) is 47.4 Å². The molecule has 0 atom stereocenters. The lowest BCUT2D eigenvalue weighted by atomic mass is 10.1. The molecule has 0 amide bonds. The van der Waals surface area contributed by atoms with Crippen molar-refractivity contribution in [2.75, 3.05) is 5.75 Å². The molecule has 2 rings (SSSR count). The number of ketones is 1. The highest BCUT2D eigenvalue weighted by molar-refractivity contribution is 7.99. The fourth-order valence-electron chi connectivity index (χ4n) is 1.36. The molecule has 0 spiro atoms. The van der Waals surface area contributed by atoms with Crippen LogP contribution in [0.4, 0.5) is 8.78 Å². The summed E-state index contributed by atoms with van der Waals surface area (Å²) < 4.78 is 31.7. The third-order valence-electron chi connectivity index (χ3n) is 2.17. The molecule has 1 aromatic heterocycles. The van der Waals surface area contributed by atoms with E-state index >= 15 is 0 Å². The molecule has 0 unspecified atom stereocenters. The smallest absolute Gasteiger partial charge is 0.256 e. The van der Waals surface area contributed by atoms with Crippen LogP contribution in [-0.4, -0.2) is 16.5 Å². The maximum absolute atomic E-state index is 13.3. The Balaban J connectivity index is 2.08. The minimum atomic E-state index is -0.857. The highest BCUT2D eigenvalue weighted by Crippen LogP contribution is 2.20. The highest BCUT2D eigenvalue weighted by Gasteiger charge is 2.17. The van der Waals surface area contributed by atoms with Gasteiger partial charge in [-0.2, -0.15) is 0 Å². The Labute approximate surface area is 106 Å². The average Bonchev–Trinajstić information content (AvgIpc) is 2.72. The van der Waals surface area contributed by atoms with Gasteiger partial charge in [-0.1, -0.05) is 17.8 Å². The zero-order chi connectivity index (χ0) is 13.1. The van der Waals surface area contributed by atoms with Crippen LogP contribution in [-0.2, 0) is 0 Å². The number of carbonyl (C=O) groups excluding carboxylic acids is 1. The highest BCUT2D eigenvalue weighted by atomic mass is 32.2. The van der Waals surface area contributed by atoms with E-state index in [-0.39, 0.29) is 5.75 Å². The number of rotatable bonds is 4. The molecule has 18 heavy (non-hydrogen) atoms. The van der Waals surface area contributed by atoms with E-state index in [2.05, 4.69) is 4.98 Å². The molecule has 94 valence electrons. The number of aromatic nitrogens is 1. The molecular weight excluding hydrogens is 260 g/mol. The standard InChI is InChI=1S/C12H9F2NO2S/c1-7-5-17-12(15-7)18-6-10(16)11-8(13)3-2-4-9(11)14/h2-5H,6H2,1H3. The van der Waals surface area contributed by atoms with Gasteiger partial charge in [0, 0.05) is 0 Å². The van der Waals surface area contributed by atoms with E-state index in [0.29, 0.717) is 10.9 Å². The predicted molar refractivity (Wildman–Crippen MR) is 62.7 cm³/mol. The molecule has 0 saturated carbocycles. The van der Waals surface area contributed by atoms with E-state index in [1.807, 2.05) is 0 Å². The summed E-state index contributed by atoms with van der Waals surface area (Å²) >= 11 is 1.00. The lowest BCUT2D eigenvalue weighted by Gasteiger charge is -2.02. The quantitative estimate of drug-likeness (QED) is 0.631. The van der Waals surface area contributed by atoms with Gasteiger partial charge in [0.1, 0.15) is 17.9 Å². The van der Waals surface area contributed by atoms with Gasteiger partial charge >= 0.3 is 0 Å². The summed E-state index contributed by atoms with van der Waals surface area (Å²) in [5, 5.41) is 0.303. The Morgan fingerprint density at radius 3 is 2.61 bits per heavy atom. The second-order valence-electron chi connectivity index (χ2n) is 3.56. The van der Waals surface area contributed by atoms with Crippen molar-refractivity contribution in [1.29, 1.82) is 0 Å². The normalized spacial score (nSPS) is 10.6. The van der Waals surface area contributed by atoms with Crippen LogP contribution in [0, 0.1) is 18.6 Å². The number of thioether (sulfide) groups is 1. The van der Waals surface area contributed by atoms with Crippen LogP contribution in [0.1, 0.15) is 16.1 Å². The number of halogens is 2. The van der Waals surface area contributed by atoms with Crippen molar-refractivity contribution in [3.63, 3.8) is 0 Å². The summed E-state index contributed by atoms with van der Waals surface area (Å²) in [5.41, 5.74) is 0.162. The molecule has 1 aromatic carbocycles. The first-order chi connectivity index (χ1) is 8.58. The minimum Gasteiger partial charge on any atom is -0.440 e. The van der Waals surface area contributed by atoms with E-state index < -0.39 is 23.0 Å². The fourth-order valence-corrected chi connectivity index (χ4v) is 2.09. The van der Waals surface area contributed by atoms with Gasteiger partial charge in [0.25, 0.3) is 5.22 Å². The number of Topliss-reactive ketones (excluding diaryl/α,β-unsaturated/α-hetero) is 1. The lowest BCUT2D eigenvalue weighted by molar-refractivity contribution is 0.101. The lowest BCUT2D eigenvalue weighted by Crippen LogP contribution is -2.08. The average molecular weight is 269 g/mol. The van der Waals surface area contributed by atoms with E-state index in [1.165, 1.54) is 12.3 Å². The summed E-state index contributed by atoms with van der Waals surface area (Å²) in [7, 11) is 0. The third kappa shape index (κ3) is 2.76. The van der Waals surface area contributed by atoms with Gasteiger partial charge in [-0.05, 0) is 19.1 Å². The maximum Gasteiger partial charge on any atom is 0.256 e. The molecule has 0 bridgehead atoms. The molecule has 0 N–H and O–H groups in total. The van der Waals surface area contributed by atoms with Crippen LogP contribution >= 0.6 is 11.8 Å². The SMILES string of the molecule is Cc1coc(SCC(=O)c2c(F)cccc2F)n1. The number of nitrogens with zero attached hydrogens (tertiary/aromatic N) is 1. The third-order valence-corrected chi connectivity index (χ3v) is 3.01. The van der Waals surface area contributed by atoms with Gasteiger partial charge in [0.05, 0.1) is 17.0 Å². The van der Waals surface area contributed by atoms with Crippen LogP contribution < -0.4 is 0 Å². The van der Waals surface area contributed by atoms with Crippen LogP contribution in [0.5, 0.6) is 0 Å². The number of aryl methyl sites for hydroxylation is 1. The molecule has 0 aliphatic rings. The molecule has 0 aliphatic carbocycles. The zero-order valence-corrected chi connectivity index (χ0v) is 10.3. The number of benzene rings is 1. The van der Waals surface area contributed by atoms with Crippen molar-refractivity contribution in [2.45, 2.75) is 12.1 Å². The van der Waals surface area contributed by atoms with E-state index in [0.717, 1.165) is 23.9 Å². The van der Waals surface area contributed by atoms with Crippen LogP contribution in [0.15, 0.2) is 34.1 Å². The Morgan fingerprint density at radius 1 is 1.39 bits per heavy atom. The monoisotopic (exact) mass is 269 g/mol. The summed E-state index contributed by atoms with van der Waals surface area (Å²) in [6.07, 6.45) is 1.44. The second kappa shape index (κ2) is 5.30. The molecule has 6 heteroatoms. The van der Waals surface area contributed by atoms with E-state index in [1.54, 1.807) is 6.92 Å². The summed E-state index contributed by atoms with van der Waals surface area (Å²) in [6.45, 7) is 1.74. The zero-order valence-electron chi connectivity index (χ0n) is 9.44. The Bertz CT molecular complexity index is 563. The van der Waals surface area contributed by atoms with Gasteiger partial charge in [0.15, 0.2) is 5.78 Å². The predicted octanol–water partition coefficient (Wildman–Crippen LogP) is 3.24. The molecule has 0 fully saturated rings.